The number of benzene rings is 2. The van der Waals surface area contributed by atoms with E-state index < -0.39 is 17.1 Å². The van der Waals surface area contributed by atoms with Crippen LogP contribution in [-0.2, 0) is 0 Å². The number of aliphatic hydroxyl groups is 1. The quantitative estimate of drug-likeness (QED) is 0.244. The Labute approximate surface area is 169 Å². The van der Waals surface area contributed by atoms with Crippen molar-refractivity contribution in [1.82, 2.24) is 10.3 Å². The van der Waals surface area contributed by atoms with Crippen molar-refractivity contribution in [2.75, 3.05) is 31.6 Å². The second-order valence-electron chi connectivity index (χ2n) is 6.63. The van der Waals surface area contributed by atoms with E-state index in [0.717, 1.165) is 29.9 Å². The summed E-state index contributed by atoms with van der Waals surface area (Å²) in [6.45, 7) is 1.91. The number of rotatable bonds is 7. The maximum atomic E-state index is 14.4. The average molecular weight is 415 g/mol. The molecule has 150 valence electrons. The molecular formula is C21H19F2N3O2S. The molecule has 0 fully saturated rings. The van der Waals surface area contributed by atoms with Gasteiger partial charge in [0.1, 0.15) is 17.5 Å². The first-order valence-electron chi connectivity index (χ1n) is 9.30. The summed E-state index contributed by atoms with van der Waals surface area (Å²) in [5.74, 6) is -1.02. The third-order valence-corrected chi connectivity index (χ3v) is 5.86. The smallest absolute Gasteiger partial charge is 0.196 e. The van der Waals surface area contributed by atoms with Crippen LogP contribution in [0.3, 0.4) is 0 Å². The van der Waals surface area contributed by atoms with E-state index in [1.807, 2.05) is 18.2 Å². The minimum Gasteiger partial charge on any atom is -0.395 e. The molecule has 2 heterocycles. The van der Waals surface area contributed by atoms with Crippen molar-refractivity contribution in [3.8, 4) is 0 Å². The highest BCUT2D eigenvalue weighted by Crippen LogP contribution is 2.35. The Kier molecular flexibility index (Phi) is 5.66. The van der Waals surface area contributed by atoms with Crippen LogP contribution in [0.25, 0.3) is 31.1 Å². The number of pyridine rings is 1. The molecule has 8 heteroatoms. The molecule has 29 heavy (non-hydrogen) atoms. The lowest BCUT2D eigenvalue weighted by Gasteiger charge is -2.12. The fourth-order valence-corrected chi connectivity index (χ4v) is 4.47. The normalized spacial score (nSPS) is 11.6. The zero-order chi connectivity index (χ0) is 20.4. The molecule has 0 aliphatic carbocycles. The third kappa shape index (κ3) is 3.78. The molecule has 3 N–H and O–H groups in total. The molecule has 0 atom stereocenters. The SMILES string of the molecule is O=c1c2cc(F)cc(F)c2sc2c(NCCCNCCO)nc3ccccc3c12. The minimum atomic E-state index is -0.772. The fourth-order valence-electron chi connectivity index (χ4n) is 3.33. The molecule has 2 aromatic heterocycles. The first kappa shape index (κ1) is 19.6. The molecule has 0 aliphatic heterocycles. The first-order chi connectivity index (χ1) is 14.1. The van der Waals surface area contributed by atoms with Gasteiger partial charge in [-0.05, 0) is 25.1 Å². The Bertz CT molecular complexity index is 1260. The molecule has 0 amide bonds. The number of nitrogens with zero attached hydrogens (tertiary/aromatic N) is 1. The van der Waals surface area contributed by atoms with Gasteiger partial charge in [0.15, 0.2) is 5.43 Å². The van der Waals surface area contributed by atoms with E-state index in [1.165, 1.54) is 0 Å². The fraction of sp³-hybridized carbons (Fsp3) is 0.238. The van der Waals surface area contributed by atoms with Gasteiger partial charge in [-0.15, -0.1) is 11.3 Å². The number of aromatic nitrogens is 1. The molecule has 0 spiro atoms. The van der Waals surface area contributed by atoms with Crippen molar-refractivity contribution < 1.29 is 13.9 Å². The molecule has 0 aliphatic rings. The van der Waals surface area contributed by atoms with Crippen LogP contribution in [0.2, 0.25) is 0 Å². The maximum absolute atomic E-state index is 14.4. The number of aliphatic hydroxyl groups excluding tert-OH is 1. The molecule has 4 aromatic rings. The summed E-state index contributed by atoms with van der Waals surface area (Å²) < 4.78 is 28.8. The number of fused-ring (bicyclic) bond motifs is 4. The van der Waals surface area contributed by atoms with E-state index in [4.69, 9.17) is 5.11 Å². The molecule has 0 bridgehead atoms. The average Bonchev–Trinajstić information content (AvgIpc) is 2.71. The van der Waals surface area contributed by atoms with Crippen LogP contribution in [0.1, 0.15) is 6.42 Å². The first-order valence-corrected chi connectivity index (χ1v) is 10.1. The van der Waals surface area contributed by atoms with Gasteiger partial charge >= 0.3 is 0 Å². The number of para-hydroxylation sites is 1. The highest BCUT2D eigenvalue weighted by molar-refractivity contribution is 7.25. The monoisotopic (exact) mass is 415 g/mol. The summed E-state index contributed by atoms with van der Waals surface area (Å²) in [5, 5.41) is 16.2. The van der Waals surface area contributed by atoms with Crippen molar-refractivity contribution in [3.63, 3.8) is 0 Å². The van der Waals surface area contributed by atoms with Gasteiger partial charge in [-0.2, -0.15) is 0 Å². The van der Waals surface area contributed by atoms with E-state index in [2.05, 4.69) is 15.6 Å². The van der Waals surface area contributed by atoms with Crippen molar-refractivity contribution >= 4 is 48.2 Å². The van der Waals surface area contributed by atoms with Gasteiger partial charge in [-0.3, -0.25) is 4.79 Å². The Morgan fingerprint density at radius 1 is 1.03 bits per heavy atom. The lowest BCUT2D eigenvalue weighted by Crippen LogP contribution is -2.21. The maximum Gasteiger partial charge on any atom is 0.196 e. The van der Waals surface area contributed by atoms with Gasteiger partial charge in [0.25, 0.3) is 0 Å². The molecular weight excluding hydrogens is 396 g/mol. The van der Waals surface area contributed by atoms with Gasteiger partial charge in [0, 0.05) is 29.9 Å². The van der Waals surface area contributed by atoms with Gasteiger partial charge < -0.3 is 15.7 Å². The lowest BCUT2D eigenvalue weighted by molar-refractivity contribution is 0.292. The van der Waals surface area contributed by atoms with Gasteiger partial charge in [-0.1, -0.05) is 18.2 Å². The Morgan fingerprint density at radius 2 is 1.86 bits per heavy atom. The van der Waals surface area contributed by atoms with Gasteiger partial charge in [0.05, 0.1) is 26.9 Å². The number of anilines is 1. The summed E-state index contributed by atoms with van der Waals surface area (Å²) in [6.07, 6.45) is 0.776. The zero-order valence-electron chi connectivity index (χ0n) is 15.5. The Hall–Kier alpha value is -2.68. The second kappa shape index (κ2) is 8.36. The molecule has 5 nitrogen and oxygen atoms in total. The molecule has 0 saturated carbocycles. The van der Waals surface area contributed by atoms with E-state index >= 15 is 0 Å². The molecule has 0 saturated heterocycles. The highest BCUT2D eigenvalue weighted by atomic mass is 32.1. The summed E-state index contributed by atoms with van der Waals surface area (Å²) in [7, 11) is 0. The number of nitrogens with one attached hydrogen (secondary N) is 2. The molecule has 2 aromatic carbocycles. The Morgan fingerprint density at radius 3 is 2.69 bits per heavy atom. The summed E-state index contributed by atoms with van der Waals surface area (Å²) in [5.41, 5.74) is 0.236. The van der Waals surface area contributed by atoms with E-state index in [9.17, 15) is 13.6 Å². The van der Waals surface area contributed by atoms with E-state index in [1.54, 1.807) is 6.07 Å². The van der Waals surface area contributed by atoms with Crippen LogP contribution in [0, 0.1) is 11.6 Å². The van der Waals surface area contributed by atoms with Gasteiger partial charge in [0.2, 0.25) is 0 Å². The van der Waals surface area contributed by atoms with Crippen LogP contribution in [0.4, 0.5) is 14.6 Å². The number of hydrogen-bond donors (Lipinski definition) is 3. The number of halogens is 2. The van der Waals surface area contributed by atoms with E-state index in [-0.39, 0.29) is 16.7 Å². The van der Waals surface area contributed by atoms with Crippen LogP contribution < -0.4 is 16.1 Å². The predicted octanol–water partition coefficient (Wildman–Crippen LogP) is 3.63. The Balaban J connectivity index is 1.87. The predicted molar refractivity (Wildman–Crippen MR) is 114 cm³/mol. The molecule has 0 radical (unpaired) electrons. The van der Waals surface area contributed by atoms with Gasteiger partial charge in [-0.25, -0.2) is 13.8 Å². The van der Waals surface area contributed by atoms with Crippen molar-refractivity contribution in [1.29, 1.82) is 0 Å². The standard InChI is InChI=1S/C21H19F2N3O2S/c22-12-10-14-18(28)17-13-4-1-2-5-16(13)26-21(25-7-3-6-24-8-9-27)20(17)29-19(14)15(23)11-12/h1-2,4-5,10-11,24,27H,3,6-9H2,(H,25,26). The molecule has 4 rings (SSSR count). The van der Waals surface area contributed by atoms with E-state index in [0.29, 0.717) is 46.4 Å². The van der Waals surface area contributed by atoms with Crippen LogP contribution in [0.5, 0.6) is 0 Å². The molecule has 0 unspecified atom stereocenters. The van der Waals surface area contributed by atoms with Crippen LogP contribution >= 0.6 is 11.3 Å². The van der Waals surface area contributed by atoms with Crippen molar-refractivity contribution in [2.45, 2.75) is 6.42 Å². The van der Waals surface area contributed by atoms with Crippen LogP contribution in [-0.4, -0.2) is 36.3 Å². The zero-order valence-corrected chi connectivity index (χ0v) is 16.3. The number of hydrogen-bond acceptors (Lipinski definition) is 6. The lowest BCUT2D eigenvalue weighted by atomic mass is 10.1. The minimum absolute atomic E-state index is 0.0375. The van der Waals surface area contributed by atoms with Crippen molar-refractivity contribution in [3.05, 3.63) is 58.3 Å². The largest absolute Gasteiger partial charge is 0.395 e. The van der Waals surface area contributed by atoms with Crippen LogP contribution in [0.15, 0.2) is 41.2 Å². The topological polar surface area (TPSA) is 74.2 Å². The summed E-state index contributed by atoms with van der Waals surface area (Å²) in [6, 6.07) is 9.12. The summed E-state index contributed by atoms with van der Waals surface area (Å²) >= 11 is 1.10. The summed E-state index contributed by atoms with van der Waals surface area (Å²) in [4.78, 5) is 17.8. The third-order valence-electron chi connectivity index (χ3n) is 4.64. The van der Waals surface area contributed by atoms with Crippen molar-refractivity contribution in [2.24, 2.45) is 0 Å². The highest BCUT2D eigenvalue weighted by Gasteiger charge is 2.17. The second-order valence-corrected chi connectivity index (χ2v) is 7.65.